The molecular weight excluding hydrogens is 312 g/mol. The molecule has 4 nitrogen and oxygen atoms in total. The van der Waals surface area contributed by atoms with Gasteiger partial charge in [0.05, 0.1) is 14.2 Å². The lowest BCUT2D eigenvalue weighted by atomic mass is 9.78. The van der Waals surface area contributed by atoms with E-state index in [4.69, 9.17) is 0 Å². The predicted octanol–water partition coefficient (Wildman–Crippen LogP) is 5.85. The van der Waals surface area contributed by atoms with Gasteiger partial charge < -0.3 is 9.80 Å². The molecule has 0 rings (SSSR count). The number of nitrogens with zero attached hydrogens (tertiary/aromatic N) is 2. The van der Waals surface area contributed by atoms with Crippen molar-refractivity contribution < 1.29 is 9.78 Å². The fourth-order valence-electron chi connectivity index (χ4n) is 1.17. The highest BCUT2D eigenvalue weighted by molar-refractivity contribution is 4.78. The molecule has 0 aromatic carbocycles. The summed E-state index contributed by atoms with van der Waals surface area (Å²) >= 11 is 0. The molecule has 0 aliphatic rings. The molecule has 0 N–H and O–H groups in total. The first-order valence-electron chi connectivity index (χ1n) is 9.25. The van der Waals surface area contributed by atoms with Gasteiger partial charge in [0.25, 0.3) is 0 Å². The Kier molecular flexibility index (Phi) is 49.7. The van der Waals surface area contributed by atoms with Gasteiger partial charge in [-0.1, -0.05) is 55.4 Å². The Morgan fingerprint density at radius 3 is 0.960 bits per heavy atom. The van der Waals surface area contributed by atoms with Crippen LogP contribution in [0.4, 0.5) is 0 Å². The maximum absolute atomic E-state index is 4.04. The van der Waals surface area contributed by atoms with Crippen molar-refractivity contribution in [2.75, 3.05) is 49.5 Å². The highest BCUT2D eigenvalue weighted by Gasteiger charge is 2.26. The molecule has 4 heteroatoms. The first-order valence-corrected chi connectivity index (χ1v) is 9.25. The highest BCUT2D eigenvalue weighted by Crippen LogP contribution is 2.29. The third-order valence-electron chi connectivity index (χ3n) is 3.07. The van der Waals surface area contributed by atoms with Crippen LogP contribution in [0.1, 0.15) is 62.3 Å². The molecule has 0 saturated carbocycles. The van der Waals surface area contributed by atoms with E-state index in [1.807, 2.05) is 53.7 Å². The molecule has 0 aromatic heterocycles. The van der Waals surface area contributed by atoms with E-state index >= 15 is 0 Å². The Hall–Kier alpha value is -0.420. The third-order valence-corrected chi connectivity index (χ3v) is 3.07. The van der Waals surface area contributed by atoms with Gasteiger partial charge in [0.2, 0.25) is 0 Å². The molecule has 0 bridgehead atoms. The summed E-state index contributed by atoms with van der Waals surface area (Å²) in [6, 6.07) is 0.662. The van der Waals surface area contributed by atoms with Crippen molar-refractivity contribution in [2.24, 2.45) is 11.3 Å². The number of hydrogen-bond donors (Lipinski definition) is 0. The van der Waals surface area contributed by atoms with Gasteiger partial charge in [-0.2, -0.15) is 0 Å². The molecule has 0 spiro atoms. The van der Waals surface area contributed by atoms with Crippen LogP contribution in [0.25, 0.3) is 0 Å². The molecule has 25 heavy (non-hydrogen) atoms. The zero-order valence-corrected chi connectivity index (χ0v) is 20.8. The topological polar surface area (TPSA) is 24.9 Å². The lowest BCUT2D eigenvalue weighted by Gasteiger charge is -2.36. The molecular formula is C21H54N2O2. The zero-order chi connectivity index (χ0) is 22.2. The summed E-state index contributed by atoms with van der Waals surface area (Å²) in [5.41, 5.74) is 0.420. The highest BCUT2D eigenvalue weighted by atomic mass is 17.2. The third kappa shape index (κ3) is 51.7. The Labute approximate surface area is 162 Å². The lowest BCUT2D eigenvalue weighted by Crippen LogP contribution is -2.37. The van der Waals surface area contributed by atoms with Gasteiger partial charge in [0.15, 0.2) is 0 Å². The smallest absolute Gasteiger partial charge is 0.0712 e. The fourth-order valence-corrected chi connectivity index (χ4v) is 1.17. The standard InChI is InChI=1S/C10H23N.C3H9N.C2H6O2.2C2H6.C2H4/c1-8(10(3,4)5)9(2)11(6)7;1-4(2)3;1-3-4-2;3*1-2/h8-9H,1-7H3;1-3H3;1-2H3;2*1-2H3;1-2H2. The molecule has 0 aromatic rings. The minimum atomic E-state index is 0.420. The molecule has 2 atom stereocenters. The van der Waals surface area contributed by atoms with Crippen molar-refractivity contribution in [2.45, 2.75) is 68.4 Å². The van der Waals surface area contributed by atoms with Crippen LogP contribution in [0, 0.1) is 11.3 Å². The molecule has 0 aliphatic heterocycles. The monoisotopic (exact) mass is 366 g/mol. The second kappa shape index (κ2) is 31.4. The fraction of sp³-hybridized carbons (Fsp3) is 0.905. The van der Waals surface area contributed by atoms with Crippen molar-refractivity contribution in [3.63, 3.8) is 0 Å². The summed E-state index contributed by atoms with van der Waals surface area (Å²) in [6.07, 6.45) is 0. The minimum absolute atomic E-state index is 0.420. The quantitative estimate of drug-likeness (QED) is 0.355. The van der Waals surface area contributed by atoms with E-state index in [0.717, 1.165) is 5.92 Å². The van der Waals surface area contributed by atoms with E-state index in [-0.39, 0.29) is 0 Å². The van der Waals surface area contributed by atoms with Gasteiger partial charge in [-0.25, -0.2) is 9.78 Å². The van der Waals surface area contributed by atoms with E-state index in [1.165, 1.54) is 14.2 Å². The van der Waals surface area contributed by atoms with E-state index in [1.54, 1.807) is 0 Å². The van der Waals surface area contributed by atoms with Crippen LogP contribution in [0.5, 0.6) is 0 Å². The molecule has 2 unspecified atom stereocenters. The van der Waals surface area contributed by atoms with Crippen LogP contribution in [-0.2, 0) is 9.78 Å². The average Bonchev–Trinajstić information content (AvgIpc) is 2.57. The zero-order valence-electron chi connectivity index (χ0n) is 20.8. The van der Waals surface area contributed by atoms with Crippen LogP contribution in [0.15, 0.2) is 13.2 Å². The van der Waals surface area contributed by atoms with Gasteiger partial charge in [0, 0.05) is 6.04 Å². The van der Waals surface area contributed by atoms with Crippen molar-refractivity contribution >= 4 is 0 Å². The van der Waals surface area contributed by atoms with Crippen molar-refractivity contribution in [1.82, 2.24) is 9.80 Å². The average molecular weight is 367 g/mol. The van der Waals surface area contributed by atoms with Crippen molar-refractivity contribution in [1.29, 1.82) is 0 Å². The van der Waals surface area contributed by atoms with E-state index < -0.39 is 0 Å². The summed E-state index contributed by atoms with van der Waals surface area (Å²) in [7, 11) is 13.2. The second-order valence-electron chi connectivity index (χ2n) is 6.53. The number of hydrogen-bond acceptors (Lipinski definition) is 4. The van der Waals surface area contributed by atoms with Crippen molar-refractivity contribution in [3.8, 4) is 0 Å². The minimum Gasteiger partial charge on any atom is -0.312 e. The largest absolute Gasteiger partial charge is 0.312 e. The summed E-state index contributed by atoms with van der Waals surface area (Å²) in [5.74, 6) is 0.734. The molecule has 0 fully saturated rings. The van der Waals surface area contributed by atoms with E-state index in [0.29, 0.717) is 11.5 Å². The molecule has 0 radical (unpaired) electrons. The summed E-state index contributed by atoms with van der Waals surface area (Å²) in [6.45, 7) is 25.5. The molecule has 0 aliphatic carbocycles. The maximum atomic E-state index is 4.04. The second-order valence-corrected chi connectivity index (χ2v) is 6.53. The molecule has 0 heterocycles. The molecule has 0 saturated heterocycles. The van der Waals surface area contributed by atoms with Gasteiger partial charge in [-0.3, -0.25) is 0 Å². The Morgan fingerprint density at radius 1 is 0.720 bits per heavy atom. The van der Waals surface area contributed by atoms with Crippen LogP contribution in [0.3, 0.4) is 0 Å². The van der Waals surface area contributed by atoms with Crippen molar-refractivity contribution in [3.05, 3.63) is 13.2 Å². The van der Waals surface area contributed by atoms with E-state index in [9.17, 15) is 0 Å². The maximum Gasteiger partial charge on any atom is 0.0712 e. The Bertz CT molecular complexity index is 186. The predicted molar refractivity (Wildman–Crippen MR) is 119 cm³/mol. The van der Waals surface area contributed by atoms with Crippen LogP contribution >= 0.6 is 0 Å². The first kappa shape index (κ1) is 39.6. The summed E-state index contributed by atoms with van der Waals surface area (Å²) in [4.78, 5) is 12.4. The lowest BCUT2D eigenvalue weighted by molar-refractivity contribution is -0.248. The van der Waals surface area contributed by atoms with Crippen LogP contribution in [0.2, 0.25) is 0 Å². The van der Waals surface area contributed by atoms with Crippen LogP contribution in [-0.4, -0.2) is 65.3 Å². The molecule has 0 amide bonds. The Morgan fingerprint density at radius 2 is 0.920 bits per heavy atom. The van der Waals surface area contributed by atoms with Gasteiger partial charge in [-0.15, -0.1) is 13.2 Å². The summed E-state index contributed by atoms with van der Waals surface area (Å²) < 4.78 is 0. The van der Waals surface area contributed by atoms with Gasteiger partial charge >= 0.3 is 0 Å². The normalized spacial score (nSPS) is 11.4. The van der Waals surface area contributed by atoms with Gasteiger partial charge in [0.1, 0.15) is 0 Å². The first-order chi connectivity index (χ1) is 11.4. The number of rotatable bonds is 3. The van der Waals surface area contributed by atoms with Gasteiger partial charge in [-0.05, 0) is 53.5 Å². The Balaban J connectivity index is -0.0000000537. The summed E-state index contributed by atoms with van der Waals surface area (Å²) in [5, 5.41) is 0. The van der Waals surface area contributed by atoms with Crippen LogP contribution < -0.4 is 0 Å². The SMILES string of the molecule is C=C.CC.CC.CC(C(C)C(C)(C)C)N(C)C.CN(C)C.COOC. The van der Waals surface area contributed by atoms with E-state index in [2.05, 4.69) is 76.5 Å². The molecule has 160 valence electrons.